The first kappa shape index (κ1) is 16.4. The summed E-state index contributed by atoms with van der Waals surface area (Å²) < 4.78 is 7.75. The summed E-state index contributed by atoms with van der Waals surface area (Å²) in [6, 6.07) is 9.20. The van der Waals surface area contributed by atoms with Gasteiger partial charge in [0, 0.05) is 0 Å². The van der Waals surface area contributed by atoms with E-state index in [0.29, 0.717) is 25.5 Å². The van der Waals surface area contributed by atoms with Crippen LogP contribution in [-0.2, 0) is 16.2 Å². The van der Waals surface area contributed by atoms with Crippen molar-refractivity contribution in [3.05, 3.63) is 40.8 Å². The Morgan fingerprint density at radius 1 is 1.33 bits per heavy atom. The number of aromatic nitrogens is 4. The van der Waals surface area contributed by atoms with Gasteiger partial charge in [0.2, 0.25) is 0 Å². The summed E-state index contributed by atoms with van der Waals surface area (Å²) in [7, 11) is 0. The van der Waals surface area contributed by atoms with Gasteiger partial charge in [-0.15, -0.1) is 4.68 Å². The minimum atomic E-state index is -0.271. The van der Waals surface area contributed by atoms with Gasteiger partial charge in [0.1, 0.15) is 5.92 Å². The van der Waals surface area contributed by atoms with Crippen LogP contribution in [-0.4, -0.2) is 45.5 Å². The molecule has 1 fully saturated rings. The summed E-state index contributed by atoms with van der Waals surface area (Å²) >= 11 is 0. The van der Waals surface area contributed by atoms with Gasteiger partial charge in [-0.05, 0) is 42.3 Å². The minimum Gasteiger partial charge on any atom is -0.466 e. The van der Waals surface area contributed by atoms with Crippen molar-refractivity contribution in [2.75, 3.05) is 19.7 Å². The highest BCUT2D eigenvalue weighted by molar-refractivity contribution is 5.72. The summed E-state index contributed by atoms with van der Waals surface area (Å²) in [4.78, 5) is 25.5. The highest BCUT2D eigenvalue weighted by Gasteiger charge is 2.30. The quantitative estimate of drug-likeness (QED) is 0.728. The Morgan fingerprint density at radius 3 is 2.88 bits per heavy atom. The number of para-hydroxylation sites is 1. The number of carbonyl (C=O) groups excluding carboxylic acids is 1. The zero-order valence-corrected chi connectivity index (χ0v) is 13.7. The molecular formula is C16H22N5O3+. The SMILES string of the molecule is CCOC(=O)[C@H]1CCC[NH+](Cn2nnn(-c3ccccc3)c2=O)C1. The predicted octanol–water partition coefficient (Wildman–Crippen LogP) is -0.755. The number of rotatable bonds is 5. The number of carbonyl (C=O) groups is 1. The van der Waals surface area contributed by atoms with Crippen LogP contribution < -0.4 is 10.6 Å². The van der Waals surface area contributed by atoms with Gasteiger partial charge < -0.3 is 9.64 Å². The molecule has 1 N–H and O–H groups in total. The number of tetrazole rings is 1. The maximum Gasteiger partial charge on any atom is 0.373 e. The molecule has 0 aliphatic carbocycles. The maximum absolute atomic E-state index is 12.5. The average Bonchev–Trinajstić information content (AvgIpc) is 2.97. The molecule has 3 rings (SSSR count). The molecule has 8 nitrogen and oxygen atoms in total. The van der Waals surface area contributed by atoms with Crippen LogP contribution in [0.4, 0.5) is 0 Å². The molecule has 1 aromatic heterocycles. The smallest absolute Gasteiger partial charge is 0.373 e. The molecular weight excluding hydrogens is 310 g/mol. The van der Waals surface area contributed by atoms with E-state index in [1.807, 2.05) is 37.3 Å². The van der Waals surface area contributed by atoms with Gasteiger partial charge in [0.05, 0.1) is 25.4 Å². The van der Waals surface area contributed by atoms with Crippen LogP contribution in [0.1, 0.15) is 19.8 Å². The third-order valence-corrected chi connectivity index (χ3v) is 4.25. The number of nitrogens with one attached hydrogen (secondary N) is 1. The van der Waals surface area contributed by atoms with Crippen molar-refractivity contribution in [3.8, 4) is 5.69 Å². The highest BCUT2D eigenvalue weighted by Crippen LogP contribution is 2.09. The van der Waals surface area contributed by atoms with E-state index >= 15 is 0 Å². The fraction of sp³-hybridized carbons (Fsp3) is 0.500. The van der Waals surface area contributed by atoms with E-state index in [4.69, 9.17) is 4.74 Å². The van der Waals surface area contributed by atoms with Crippen LogP contribution in [0.5, 0.6) is 0 Å². The van der Waals surface area contributed by atoms with Crippen molar-refractivity contribution in [1.82, 2.24) is 19.8 Å². The Morgan fingerprint density at radius 2 is 2.12 bits per heavy atom. The maximum atomic E-state index is 12.5. The van der Waals surface area contributed by atoms with Gasteiger partial charge in [0.25, 0.3) is 0 Å². The van der Waals surface area contributed by atoms with Crippen LogP contribution in [0.2, 0.25) is 0 Å². The van der Waals surface area contributed by atoms with Crippen molar-refractivity contribution in [2.24, 2.45) is 5.92 Å². The van der Waals surface area contributed by atoms with Crippen molar-refractivity contribution in [1.29, 1.82) is 0 Å². The van der Waals surface area contributed by atoms with Crippen LogP contribution in [0, 0.1) is 5.92 Å². The fourth-order valence-corrected chi connectivity index (χ4v) is 3.07. The van der Waals surface area contributed by atoms with Crippen molar-refractivity contribution < 1.29 is 14.4 Å². The first-order chi connectivity index (χ1) is 11.7. The topological polar surface area (TPSA) is 83.4 Å². The van der Waals surface area contributed by atoms with Crippen LogP contribution >= 0.6 is 0 Å². The third kappa shape index (κ3) is 3.53. The molecule has 1 unspecified atom stereocenters. The van der Waals surface area contributed by atoms with Gasteiger partial charge in [-0.3, -0.25) is 4.79 Å². The molecule has 0 radical (unpaired) electrons. The van der Waals surface area contributed by atoms with E-state index in [-0.39, 0.29) is 17.6 Å². The molecule has 1 aromatic carbocycles. The number of nitrogens with zero attached hydrogens (tertiary/aromatic N) is 4. The average molecular weight is 332 g/mol. The summed E-state index contributed by atoms with van der Waals surface area (Å²) in [5.41, 5.74) is 0.416. The van der Waals surface area contributed by atoms with Crippen LogP contribution in [0.25, 0.3) is 5.69 Å². The van der Waals surface area contributed by atoms with Gasteiger partial charge in [0.15, 0.2) is 6.67 Å². The first-order valence-electron chi connectivity index (χ1n) is 8.27. The third-order valence-electron chi connectivity index (χ3n) is 4.25. The Hall–Kier alpha value is -2.48. The monoisotopic (exact) mass is 332 g/mol. The molecule has 0 amide bonds. The van der Waals surface area contributed by atoms with E-state index < -0.39 is 0 Å². The Kier molecular flexibility index (Phi) is 5.05. The molecule has 0 spiro atoms. The number of esters is 1. The standard InChI is InChI=1S/C16H21N5O3/c1-2-24-15(22)13-7-6-10-19(11-13)12-20-16(23)21(18-17-20)14-8-4-3-5-9-14/h3-5,8-9,13H,2,6-7,10-12H2,1H3/p+1/t13-/m0/s1. The van der Waals surface area contributed by atoms with Crippen molar-refractivity contribution >= 4 is 5.97 Å². The second-order valence-corrected chi connectivity index (χ2v) is 5.96. The van der Waals surface area contributed by atoms with E-state index in [1.165, 1.54) is 9.36 Å². The molecule has 2 atom stereocenters. The second-order valence-electron chi connectivity index (χ2n) is 5.96. The number of hydrogen-bond donors (Lipinski definition) is 1. The van der Waals surface area contributed by atoms with E-state index in [9.17, 15) is 9.59 Å². The van der Waals surface area contributed by atoms with Crippen LogP contribution in [0.3, 0.4) is 0 Å². The van der Waals surface area contributed by atoms with E-state index in [0.717, 1.165) is 24.3 Å². The second kappa shape index (κ2) is 7.39. The van der Waals surface area contributed by atoms with E-state index in [1.54, 1.807) is 0 Å². The number of ether oxygens (including phenoxy) is 1. The Labute approximate surface area is 139 Å². The summed E-state index contributed by atoms with van der Waals surface area (Å²) in [5.74, 6) is -0.247. The fourth-order valence-electron chi connectivity index (χ4n) is 3.07. The molecule has 128 valence electrons. The number of quaternary nitrogens is 1. The zero-order valence-electron chi connectivity index (χ0n) is 13.7. The Balaban J connectivity index is 1.69. The lowest BCUT2D eigenvalue weighted by atomic mass is 9.99. The molecule has 0 bridgehead atoms. The molecule has 8 heteroatoms. The lowest BCUT2D eigenvalue weighted by molar-refractivity contribution is -0.930. The molecule has 2 heterocycles. The molecule has 24 heavy (non-hydrogen) atoms. The van der Waals surface area contributed by atoms with Gasteiger partial charge in [-0.1, -0.05) is 18.2 Å². The first-order valence-corrected chi connectivity index (χ1v) is 8.27. The molecule has 1 aliphatic heterocycles. The van der Waals surface area contributed by atoms with Crippen molar-refractivity contribution in [3.63, 3.8) is 0 Å². The number of benzene rings is 1. The lowest BCUT2D eigenvalue weighted by Crippen LogP contribution is -3.13. The van der Waals surface area contributed by atoms with Crippen molar-refractivity contribution in [2.45, 2.75) is 26.4 Å². The number of hydrogen-bond acceptors (Lipinski definition) is 5. The summed E-state index contributed by atoms with van der Waals surface area (Å²) in [6.45, 7) is 4.17. The molecule has 1 saturated heterocycles. The number of likely N-dealkylation sites (tertiary alicyclic amines) is 1. The normalized spacial score (nSPS) is 20.7. The lowest BCUT2D eigenvalue weighted by Gasteiger charge is -2.27. The van der Waals surface area contributed by atoms with Gasteiger partial charge >= 0.3 is 11.7 Å². The summed E-state index contributed by atoms with van der Waals surface area (Å²) in [6.07, 6.45) is 1.77. The van der Waals surface area contributed by atoms with Gasteiger partial charge in [-0.2, -0.15) is 4.68 Å². The predicted molar refractivity (Wildman–Crippen MR) is 85.7 cm³/mol. The van der Waals surface area contributed by atoms with Crippen LogP contribution in [0.15, 0.2) is 35.1 Å². The highest BCUT2D eigenvalue weighted by atomic mass is 16.5. The molecule has 2 aromatic rings. The number of piperidine rings is 1. The van der Waals surface area contributed by atoms with Gasteiger partial charge in [-0.25, -0.2) is 4.79 Å². The molecule has 1 aliphatic rings. The minimum absolute atomic E-state index is 0.103. The Bertz CT molecular complexity index is 740. The zero-order chi connectivity index (χ0) is 16.9. The molecule has 0 saturated carbocycles. The van der Waals surface area contributed by atoms with E-state index in [2.05, 4.69) is 10.4 Å². The largest absolute Gasteiger partial charge is 0.466 e. The summed E-state index contributed by atoms with van der Waals surface area (Å²) in [5, 5.41) is 7.92.